The van der Waals surface area contributed by atoms with E-state index in [9.17, 15) is 32.5 Å². The van der Waals surface area contributed by atoms with Gasteiger partial charge in [0.2, 0.25) is 17.7 Å². The van der Waals surface area contributed by atoms with Gasteiger partial charge in [-0.15, -0.1) is 11.3 Å². The van der Waals surface area contributed by atoms with Crippen molar-refractivity contribution in [2.45, 2.75) is 68.5 Å². The number of amides is 4. The third-order valence-electron chi connectivity index (χ3n) is 10.3. The fourth-order valence-electron chi connectivity index (χ4n) is 7.75. The molecule has 5 heterocycles. The molecule has 0 saturated carbocycles. The van der Waals surface area contributed by atoms with Crippen molar-refractivity contribution >= 4 is 58.3 Å². The number of alkyl halides is 2. The third kappa shape index (κ3) is 5.90. The Hall–Kier alpha value is -3.91. The maximum absolute atomic E-state index is 14.4. The molecule has 4 amide bonds. The van der Waals surface area contributed by atoms with Crippen molar-refractivity contribution in [3.63, 3.8) is 0 Å². The van der Waals surface area contributed by atoms with Crippen molar-refractivity contribution in [2.24, 2.45) is 0 Å². The molecular weight excluding hydrogens is 679 g/mol. The Labute approximate surface area is 284 Å². The lowest BCUT2D eigenvalue weighted by molar-refractivity contribution is -0.149. The molecule has 1 aromatic heterocycles. The lowest BCUT2D eigenvalue weighted by Gasteiger charge is -2.49. The second-order valence-corrected chi connectivity index (χ2v) is 15.9. The first-order chi connectivity index (χ1) is 23.2. The first kappa shape index (κ1) is 33.6. The molecule has 2 aromatic carbocycles. The largest absolute Gasteiger partial charge is 0.399 e. The van der Waals surface area contributed by atoms with Gasteiger partial charge >= 0.3 is 13.3 Å². The minimum absolute atomic E-state index is 0.0513. The summed E-state index contributed by atoms with van der Waals surface area (Å²) in [6.07, 6.45) is 2.39. The fraction of sp³-hybridized carbons (Fsp3) is 0.455. The van der Waals surface area contributed by atoms with Gasteiger partial charge in [-0.05, 0) is 61.4 Å². The van der Waals surface area contributed by atoms with Gasteiger partial charge in [0.25, 0.3) is 5.91 Å². The molecule has 0 aliphatic carbocycles. The Balaban J connectivity index is 1.10. The molecule has 4 aliphatic rings. The van der Waals surface area contributed by atoms with Gasteiger partial charge in [0.05, 0.1) is 17.0 Å². The average molecular weight is 716 g/mol. The van der Waals surface area contributed by atoms with E-state index in [4.69, 9.17) is 9.79 Å². The Kier molecular flexibility index (Phi) is 8.53. The first-order valence-corrected chi connectivity index (χ1v) is 18.7. The summed E-state index contributed by atoms with van der Waals surface area (Å²) in [4.78, 5) is 80.2. The van der Waals surface area contributed by atoms with Crippen LogP contribution >= 0.6 is 18.9 Å². The van der Waals surface area contributed by atoms with Crippen LogP contribution in [0.1, 0.15) is 47.8 Å². The van der Waals surface area contributed by atoms with Crippen LogP contribution in [0, 0.1) is 0 Å². The van der Waals surface area contributed by atoms with E-state index in [0.717, 1.165) is 35.6 Å². The number of carbonyl (C=O) groups is 4. The van der Waals surface area contributed by atoms with Gasteiger partial charge in [0.1, 0.15) is 12.1 Å². The highest BCUT2D eigenvalue weighted by Crippen LogP contribution is 2.59. The fourth-order valence-corrected chi connectivity index (χ4v) is 9.17. The summed E-state index contributed by atoms with van der Waals surface area (Å²) in [6, 6.07) is 12.6. The zero-order valence-corrected chi connectivity index (χ0v) is 28.3. The van der Waals surface area contributed by atoms with Crippen molar-refractivity contribution in [3.05, 3.63) is 65.0 Å². The number of thiophene rings is 1. The van der Waals surface area contributed by atoms with Gasteiger partial charge in [-0.25, -0.2) is 0 Å². The Morgan fingerprint density at radius 2 is 1.71 bits per heavy atom. The number of likely N-dealkylation sites (tertiary alicyclic amines) is 1. The Bertz CT molecular complexity index is 1870. The zero-order chi connectivity index (χ0) is 34.8. The number of fused-ring (bicyclic) bond motifs is 3. The highest BCUT2D eigenvalue weighted by molar-refractivity contribution is 7.52. The van der Waals surface area contributed by atoms with Gasteiger partial charge in [-0.3, -0.25) is 23.7 Å². The second kappa shape index (κ2) is 12.4. The van der Waals surface area contributed by atoms with Gasteiger partial charge in [0.15, 0.2) is 0 Å². The molecule has 7 rings (SSSR count). The predicted octanol–water partition coefficient (Wildman–Crippen LogP) is 3.33. The molecule has 3 unspecified atom stereocenters. The maximum atomic E-state index is 14.4. The van der Waals surface area contributed by atoms with Crippen LogP contribution in [0.4, 0.5) is 14.5 Å². The molecule has 3 aromatic rings. The molecule has 4 aliphatic heterocycles. The number of carbonyl (C=O) groups excluding carboxylic acids is 4. The average Bonchev–Trinajstić information content (AvgIpc) is 3.75. The van der Waals surface area contributed by atoms with E-state index >= 15 is 0 Å². The van der Waals surface area contributed by atoms with Crippen molar-refractivity contribution in [2.75, 3.05) is 31.1 Å². The minimum atomic E-state index is -5.79. The van der Waals surface area contributed by atoms with Crippen LogP contribution in [0.15, 0.2) is 54.6 Å². The van der Waals surface area contributed by atoms with Crippen LogP contribution in [0.2, 0.25) is 0 Å². The zero-order valence-electron chi connectivity index (χ0n) is 26.6. The summed E-state index contributed by atoms with van der Waals surface area (Å²) in [7, 11) is -5.79. The topological polar surface area (TPSA) is 151 Å². The van der Waals surface area contributed by atoms with E-state index in [1.165, 1.54) is 24.0 Å². The molecule has 0 radical (unpaired) electrons. The molecule has 4 saturated heterocycles. The first-order valence-electron chi connectivity index (χ1n) is 16.2. The number of nitrogens with one attached hydrogen (secondary N) is 1. The minimum Gasteiger partial charge on any atom is -0.364 e. The second-order valence-electron chi connectivity index (χ2n) is 13.2. The van der Waals surface area contributed by atoms with Crippen molar-refractivity contribution in [1.29, 1.82) is 0 Å². The van der Waals surface area contributed by atoms with E-state index in [-0.39, 0.29) is 46.7 Å². The molecule has 5 atom stereocenters. The molecule has 3 N–H and O–H groups in total. The number of anilines is 1. The van der Waals surface area contributed by atoms with Crippen LogP contribution in [-0.4, -0.2) is 105 Å². The molecular formula is C33H36F2N5O7PS. The van der Waals surface area contributed by atoms with Crippen LogP contribution in [0.5, 0.6) is 0 Å². The predicted molar refractivity (Wildman–Crippen MR) is 177 cm³/mol. The SMILES string of the molecule is CC(=O)N1CC[C@H]2CC[C@@H](C(=O)N3CCC4C3CN4c3ccccc3)N2C(=O)C(NC(=O)c2cc3cc(C(F)(F)P(=O)(O)O)ccc3s2)C1. The summed E-state index contributed by atoms with van der Waals surface area (Å²) in [6.45, 7) is 2.93. The van der Waals surface area contributed by atoms with E-state index in [0.29, 0.717) is 43.6 Å². The van der Waals surface area contributed by atoms with Crippen LogP contribution in [0.25, 0.3) is 10.1 Å². The smallest absolute Gasteiger partial charge is 0.364 e. The molecule has 0 spiro atoms. The number of nitrogens with zero attached hydrogens (tertiary/aromatic N) is 4. The third-order valence-corrected chi connectivity index (χ3v) is 12.4. The monoisotopic (exact) mass is 715 g/mol. The summed E-state index contributed by atoms with van der Waals surface area (Å²) >= 11 is 0.964. The lowest BCUT2D eigenvalue weighted by atomic mass is 9.95. The molecule has 260 valence electrons. The standard InChI is InChI=1S/C33H36F2N5O7PS/c1-19(41)37-13-11-23-8-9-26(32(44)38-14-12-25-27(38)18-39(25)22-5-3-2-4-6-22)40(23)31(43)24(17-37)36-30(42)29-16-20-15-21(7-10-28(20)49-29)33(34,35)48(45,46)47/h2-7,10,15-16,23-27H,8-9,11-14,17-18H2,1H3,(H,36,42)(H2,45,46,47)/t23-,24?,25?,26+,27?/m1/s1. The number of hydrogen-bond donors (Lipinski definition) is 3. The quantitative estimate of drug-likeness (QED) is 0.329. The molecule has 0 bridgehead atoms. The van der Waals surface area contributed by atoms with Crippen molar-refractivity contribution in [3.8, 4) is 0 Å². The van der Waals surface area contributed by atoms with Crippen molar-refractivity contribution < 1.29 is 42.3 Å². The summed E-state index contributed by atoms with van der Waals surface area (Å²) in [5.41, 5.74) is -4.19. The molecule has 4 fully saturated rings. The van der Waals surface area contributed by atoms with E-state index in [1.807, 2.05) is 23.1 Å². The van der Waals surface area contributed by atoms with E-state index in [1.54, 1.807) is 4.90 Å². The summed E-state index contributed by atoms with van der Waals surface area (Å²) in [5, 5.41) is 2.91. The number of para-hydroxylation sites is 1. The van der Waals surface area contributed by atoms with Gasteiger partial charge < -0.3 is 34.7 Å². The van der Waals surface area contributed by atoms with Crippen molar-refractivity contribution in [1.82, 2.24) is 20.0 Å². The van der Waals surface area contributed by atoms with Crippen LogP contribution in [-0.2, 0) is 24.6 Å². The highest BCUT2D eigenvalue weighted by Gasteiger charge is 2.53. The number of benzene rings is 2. The lowest BCUT2D eigenvalue weighted by Crippen LogP contribution is -2.65. The van der Waals surface area contributed by atoms with E-state index < -0.39 is 42.7 Å². The van der Waals surface area contributed by atoms with Crippen LogP contribution < -0.4 is 10.2 Å². The van der Waals surface area contributed by atoms with Crippen LogP contribution in [0.3, 0.4) is 0 Å². The number of rotatable bonds is 6. The Morgan fingerprint density at radius 3 is 2.43 bits per heavy atom. The van der Waals surface area contributed by atoms with Gasteiger partial charge in [0, 0.05) is 55.1 Å². The number of hydrogen-bond acceptors (Lipinski definition) is 7. The molecule has 16 heteroatoms. The maximum Gasteiger partial charge on any atom is 0.399 e. The number of halogens is 2. The molecule has 12 nitrogen and oxygen atoms in total. The van der Waals surface area contributed by atoms with E-state index in [2.05, 4.69) is 22.3 Å². The summed E-state index contributed by atoms with van der Waals surface area (Å²) in [5.74, 6) is -1.50. The molecule has 49 heavy (non-hydrogen) atoms. The Morgan fingerprint density at radius 1 is 0.959 bits per heavy atom. The highest BCUT2D eigenvalue weighted by atomic mass is 32.1. The van der Waals surface area contributed by atoms with Gasteiger partial charge in [-0.2, -0.15) is 8.78 Å². The normalized spacial score (nSPS) is 25.8. The van der Waals surface area contributed by atoms with Gasteiger partial charge in [-0.1, -0.05) is 24.3 Å². The summed E-state index contributed by atoms with van der Waals surface area (Å²) < 4.78 is 40.5.